The van der Waals surface area contributed by atoms with E-state index in [1.165, 1.54) is 39.2 Å². The van der Waals surface area contributed by atoms with Crippen LogP contribution in [0.3, 0.4) is 0 Å². The van der Waals surface area contributed by atoms with Gasteiger partial charge >= 0.3 is 5.97 Å². The Balaban J connectivity index is 1.75. The molecule has 13 heavy (non-hydrogen) atoms. The number of rotatable bonds is 7. The fourth-order valence-electron chi connectivity index (χ4n) is 1.46. The lowest BCUT2D eigenvalue weighted by atomic mass is 10.1. The minimum atomic E-state index is -0.0736. The van der Waals surface area contributed by atoms with E-state index in [9.17, 15) is 4.79 Å². The van der Waals surface area contributed by atoms with Crippen molar-refractivity contribution in [2.24, 2.45) is 5.92 Å². The zero-order valence-corrected chi connectivity index (χ0v) is 8.42. The van der Waals surface area contributed by atoms with Crippen molar-refractivity contribution in [3.63, 3.8) is 0 Å². The Kier molecular flexibility index (Phi) is 4.87. The summed E-state index contributed by atoms with van der Waals surface area (Å²) < 4.78 is 4.56. The monoisotopic (exact) mass is 183 g/mol. The van der Waals surface area contributed by atoms with Gasteiger partial charge in [-0.1, -0.05) is 25.7 Å². The summed E-state index contributed by atoms with van der Waals surface area (Å²) >= 11 is 0. The van der Waals surface area contributed by atoms with Crippen LogP contribution in [0.2, 0.25) is 0 Å². The number of carbonyl (C=O) groups is 1. The molecule has 0 aliphatic heterocycles. The Labute approximate surface area is 80.7 Å². The molecule has 0 amide bonds. The number of ether oxygens (including phenoxy) is 1. The van der Waals surface area contributed by atoms with E-state index < -0.39 is 0 Å². The molecule has 1 aliphatic carbocycles. The molecule has 1 unspecified atom stereocenters. The average molecular weight is 183 g/mol. The highest BCUT2D eigenvalue weighted by atomic mass is 16.5. The van der Waals surface area contributed by atoms with E-state index in [2.05, 4.69) is 11.2 Å². The summed E-state index contributed by atoms with van der Waals surface area (Å²) in [5, 5.41) is 0. The van der Waals surface area contributed by atoms with Crippen molar-refractivity contribution in [1.82, 2.24) is 0 Å². The minimum absolute atomic E-state index is 0.0736. The second kappa shape index (κ2) is 6.01. The first kappa shape index (κ1) is 10.6. The molecular weight excluding hydrogens is 164 g/mol. The number of hydrogen-bond acceptors (Lipinski definition) is 2. The summed E-state index contributed by atoms with van der Waals surface area (Å²) in [5.41, 5.74) is 0. The average Bonchev–Trinajstić information content (AvgIpc) is 2.94. The molecule has 1 aliphatic rings. The van der Waals surface area contributed by atoms with E-state index in [0.717, 1.165) is 12.3 Å². The molecule has 0 heterocycles. The molecule has 2 nitrogen and oxygen atoms in total. The molecule has 75 valence electrons. The van der Waals surface area contributed by atoms with Crippen molar-refractivity contribution in [2.75, 3.05) is 7.11 Å². The Hall–Kier alpha value is -0.530. The SMILES string of the molecule is COC(=O)CCCCCCC1[CH]C1. The summed E-state index contributed by atoms with van der Waals surface area (Å²) in [6.45, 7) is 0. The first-order chi connectivity index (χ1) is 6.33. The highest BCUT2D eigenvalue weighted by Crippen LogP contribution is 2.32. The van der Waals surface area contributed by atoms with Crippen LogP contribution in [-0.4, -0.2) is 13.1 Å². The smallest absolute Gasteiger partial charge is 0.305 e. The minimum Gasteiger partial charge on any atom is -0.469 e. The summed E-state index contributed by atoms with van der Waals surface area (Å²) in [6.07, 6.45) is 10.4. The van der Waals surface area contributed by atoms with Gasteiger partial charge in [0.15, 0.2) is 0 Å². The standard InChI is InChI=1S/C11H19O2/c1-13-11(12)7-5-3-2-4-6-10-8-9-10/h8,10H,2-7,9H2,1H3. The van der Waals surface area contributed by atoms with Crippen molar-refractivity contribution < 1.29 is 9.53 Å². The predicted molar refractivity (Wildman–Crippen MR) is 52.1 cm³/mol. The normalized spacial score (nSPS) is 15.8. The maximum absolute atomic E-state index is 10.7. The highest BCUT2D eigenvalue weighted by Gasteiger charge is 2.20. The molecule has 2 heteroatoms. The van der Waals surface area contributed by atoms with E-state index in [4.69, 9.17) is 0 Å². The molecule has 1 atom stereocenters. The van der Waals surface area contributed by atoms with Gasteiger partial charge in [0.05, 0.1) is 7.11 Å². The van der Waals surface area contributed by atoms with Crippen LogP contribution in [0.15, 0.2) is 0 Å². The van der Waals surface area contributed by atoms with Gasteiger partial charge < -0.3 is 4.74 Å². The third-order valence-electron chi connectivity index (χ3n) is 2.50. The number of esters is 1. The molecule has 0 saturated heterocycles. The maximum atomic E-state index is 10.7. The first-order valence-electron chi connectivity index (χ1n) is 5.23. The van der Waals surface area contributed by atoms with Crippen LogP contribution < -0.4 is 0 Å². The summed E-state index contributed by atoms with van der Waals surface area (Å²) in [4.78, 5) is 10.7. The van der Waals surface area contributed by atoms with E-state index in [0.29, 0.717) is 6.42 Å². The van der Waals surface area contributed by atoms with Crippen LogP contribution in [0.1, 0.15) is 44.9 Å². The molecule has 1 rings (SSSR count). The molecule has 0 aromatic heterocycles. The molecule has 0 spiro atoms. The second-order valence-corrected chi connectivity index (χ2v) is 3.76. The largest absolute Gasteiger partial charge is 0.469 e. The molecule has 1 saturated carbocycles. The lowest BCUT2D eigenvalue weighted by Gasteiger charge is -1.99. The van der Waals surface area contributed by atoms with Crippen LogP contribution in [0.5, 0.6) is 0 Å². The maximum Gasteiger partial charge on any atom is 0.305 e. The van der Waals surface area contributed by atoms with Crippen LogP contribution in [0, 0.1) is 12.3 Å². The number of hydrogen-bond donors (Lipinski definition) is 0. The van der Waals surface area contributed by atoms with Crippen molar-refractivity contribution in [3.05, 3.63) is 6.42 Å². The van der Waals surface area contributed by atoms with Gasteiger partial charge in [-0.25, -0.2) is 0 Å². The van der Waals surface area contributed by atoms with Crippen molar-refractivity contribution in [1.29, 1.82) is 0 Å². The molecule has 1 fully saturated rings. The number of carbonyl (C=O) groups excluding carboxylic acids is 1. The third kappa shape index (κ3) is 5.67. The highest BCUT2D eigenvalue weighted by molar-refractivity contribution is 5.68. The molecule has 0 aromatic rings. The molecule has 0 bridgehead atoms. The summed E-state index contributed by atoms with van der Waals surface area (Å²) in [5.74, 6) is 0.858. The van der Waals surface area contributed by atoms with Gasteiger partial charge in [0.2, 0.25) is 0 Å². The van der Waals surface area contributed by atoms with Gasteiger partial charge in [-0.2, -0.15) is 0 Å². The Morgan fingerprint density at radius 2 is 2.08 bits per heavy atom. The fraction of sp³-hybridized carbons (Fsp3) is 0.818. The van der Waals surface area contributed by atoms with Gasteiger partial charge in [0.1, 0.15) is 0 Å². The quantitative estimate of drug-likeness (QED) is 0.448. The van der Waals surface area contributed by atoms with Crippen molar-refractivity contribution in [2.45, 2.75) is 44.9 Å². The van der Waals surface area contributed by atoms with Crippen LogP contribution in [0.25, 0.3) is 0 Å². The third-order valence-corrected chi connectivity index (χ3v) is 2.50. The van der Waals surface area contributed by atoms with E-state index in [1.807, 2.05) is 0 Å². The number of unbranched alkanes of at least 4 members (excludes halogenated alkanes) is 3. The van der Waals surface area contributed by atoms with Gasteiger partial charge in [-0.3, -0.25) is 4.79 Å². The zero-order valence-electron chi connectivity index (χ0n) is 8.42. The van der Waals surface area contributed by atoms with Crippen molar-refractivity contribution >= 4 is 5.97 Å². The van der Waals surface area contributed by atoms with Gasteiger partial charge in [-0.05, 0) is 25.2 Å². The van der Waals surface area contributed by atoms with Gasteiger partial charge in [0.25, 0.3) is 0 Å². The van der Waals surface area contributed by atoms with Crippen LogP contribution >= 0.6 is 0 Å². The molecule has 0 N–H and O–H groups in total. The Bertz CT molecular complexity index is 150. The summed E-state index contributed by atoms with van der Waals surface area (Å²) in [6, 6.07) is 0. The van der Waals surface area contributed by atoms with E-state index >= 15 is 0 Å². The second-order valence-electron chi connectivity index (χ2n) is 3.76. The Morgan fingerprint density at radius 3 is 2.69 bits per heavy atom. The topological polar surface area (TPSA) is 26.3 Å². The van der Waals surface area contributed by atoms with Crippen LogP contribution in [0.4, 0.5) is 0 Å². The van der Waals surface area contributed by atoms with Gasteiger partial charge in [0, 0.05) is 6.42 Å². The molecule has 1 radical (unpaired) electrons. The lowest BCUT2D eigenvalue weighted by Crippen LogP contribution is -1.99. The predicted octanol–water partition coefficient (Wildman–Crippen LogP) is 2.72. The van der Waals surface area contributed by atoms with E-state index in [1.54, 1.807) is 0 Å². The van der Waals surface area contributed by atoms with E-state index in [-0.39, 0.29) is 5.97 Å². The lowest BCUT2D eigenvalue weighted by molar-refractivity contribution is -0.140. The fourth-order valence-corrected chi connectivity index (χ4v) is 1.46. The first-order valence-corrected chi connectivity index (χ1v) is 5.23. The number of methoxy groups -OCH3 is 1. The zero-order chi connectivity index (χ0) is 9.52. The van der Waals surface area contributed by atoms with Gasteiger partial charge in [-0.15, -0.1) is 0 Å². The van der Waals surface area contributed by atoms with Crippen LogP contribution in [-0.2, 0) is 9.53 Å². The Morgan fingerprint density at radius 1 is 1.38 bits per heavy atom. The van der Waals surface area contributed by atoms with Crippen molar-refractivity contribution in [3.8, 4) is 0 Å². The molecule has 0 aromatic carbocycles. The molecular formula is C11H19O2. The summed E-state index contributed by atoms with van der Waals surface area (Å²) in [7, 11) is 1.45.